The largest absolute Gasteiger partial charge is 0.497 e. The fraction of sp³-hybridized carbons (Fsp3) is 0.296. The van der Waals surface area contributed by atoms with Crippen LogP contribution in [0.2, 0.25) is 0 Å². The molecule has 0 aliphatic carbocycles. The number of ether oxygens (including phenoxy) is 1. The van der Waals surface area contributed by atoms with Gasteiger partial charge in [-0.2, -0.15) is 0 Å². The van der Waals surface area contributed by atoms with Crippen LogP contribution in [0.15, 0.2) is 60.9 Å². The maximum Gasteiger partial charge on any atom is 0.274 e. The lowest BCUT2D eigenvalue weighted by Gasteiger charge is -2.31. The van der Waals surface area contributed by atoms with Gasteiger partial charge in [0.05, 0.1) is 7.11 Å². The highest BCUT2D eigenvalue weighted by Gasteiger charge is 2.27. The van der Waals surface area contributed by atoms with Crippen molar-refractivity contribution in [3.63, 3.8) is 0 Å². The molecule has 0 atom stereocenters. The Labute approximate surface area is 193 Å². The lowest BCUT2D eigenvalue weighted by Crippen LogP contribution is -2.38. The van der Waals surface area contributed by atoms with Gasteiger partial charge in [0.25, 0.3) is 5.91 Å². The van der Waals surface area contributed by atoms with Crippen LogP contribution in [0, 0.1) is 13.8 Å². The molecule has 3 aromatic heterocycles. The fourth-order valence-electron chi connectivity index (χ4n) is 4.58. The van der Waals surface area contributed by atoms with Gasteiger partial charge in [-0.3, -0.25) is 9.78 Å². The molecule has 0 unspecified atom stereocenters. The second-order valence-electron chi connectivity index (χ2n) is 8.81. The van der Waals surface area contributed by atoms with Gasteiger partial charge in [0.15, 0.2) is 0 Å². The Balaban J connectivity index is 1.30. The van der Waals surface area contributed by atoms with Gasteiger partial charge in [-0.05, 0) is 79.8 Å². The van der Waals surface area contributed by atoms with Crippen molar-refractivity contribution in [3.05, 3.63) is 83.6 Å². The van der Waals surface area contributed by atoms with Gasteiger partial charge < -0.3 is 14.0 Å². The van der Waals surface area contributed by atoms with Gasteiger partial charge in [-0.25, -0.2) is 4.98 Å². The van der Waals surface area contributed by atoms with E-state index in [1.807, 2.05) is 59.8 Å². The average Bonchev–Trinajstić information content (AvgIpc) is 3.26. The van der Waals surface area contributed by atoms with Crippen molar-refractivity contribution in [2.75, 3.05) is 20.2 Å². The van der Waals surface area contributed by atoms with Crippen LogP contribution in [0.4, 0.5) is 0 Å². The number of aryl methyl sites for hydroxylation is 2. The predicted molar refractivity (Wildman–Crippen MR) is 129 cm³/mol. The third-order valence-corrected chi connectivity index (χ3v) is 6.43. The molecule has 1 aliphatic heterocycles. The minimum absolute atomic E-state index is 0.00549. The second-order valence-corrected chi connectivity index (χ2v) is 8.81. The summed E-state index contributed by atoms with van der Waals surface area (Å²) in [6, 6.07) is 16.4. The quantitative estimate of drug-likeness (QED) is 0.446. The third kappa shape index (κ3) is 4.33. The molecule has 1 aromatic carbocycles. The smallest absolute Gasteiger partial charge is 0.274 e. The number of hydrogen-bond donors (Lipinski definition) is 0. The van der Waals surface area contributed by atoms with Gasteiger partial charge in [0.2, 0.25) is 0 Å². The van der Waals surface area contributed by atoms with E-state index in [-0.39, 0.29) is 5.91 Å². The Morgan fingerprint density at radius 3 is 2.45 bits per heavy atom. The van der Waals surface area contributed by atoms with Crippen LogP contribution in [0.25, 0.3) is 16.8 Å². The number of carbonyl (C=O) groups excluding carboxylic acids is 1. The molecule has 0 N–H and O–H groups in total. The molecule has 33 heavy (non-hydrogen) atoms. The van der Waals surface area contributed by atoms with E-state index in [2.05, 4.69) is 29.2 Å². The molecule has 168 valence electrons. The molecule has 1 fully saturated rings. The van der Waals surface area contributed by atoms with Crippen molar-refractivity contribution in [2.45, 2.75) is 32.6 Å². The van der Waals surface area contributed by atoms with Crippen LogP contribution in [0.3, 0.4) is 0 Å². The zero-order valence-corrected chi connectivity index (χ0v) is 19.3. The highest BCUT2D eigenvalue weighted by molar-refractivity contribution is 5.93. The van der Waals surface area contributed by atoms with Crippen LogP contribution in [0.1, 0.15) is 46.2 Å². The van der Waals surface area contributed by atoms with Gasteiger partial charge in [-0.1, -0.05) is 12.1 Å². The summed E-state index contributed by atoms with van der Waals surface area (Å²) in [7, 11) is 1.68. The molecule has 6 nitrogen and oxygen atoms in total. The summed E-state index contributed by atoms with van der Waals surface area (Å²) < 4.78 is 7.19. The van der Waals surface area contributed by atoms with E-state index < -0.39 is 0 Å². The summed E-state index contributed by atoms with van der Waals surface area (Å²) in [5, 5.41) is 0. The summed E-state index contributed by atoms with van der Waals surface area (Å²) >= 11 is 0. The van der Waals surface area contributed by atoms with E-state index >= 15 is 0 Å². The molecule has 1 aliphatic rings. The average molecular weight is 441 g/mol. The van der Waals surface area contributed by atoms with Gasteiger partial charge in [0.1, 0.15) is 17.1 Å². The molecular weight excluding hydrogens is 412 g/mol. The Kier molecular flexibility index (Phi) is 5.58. The number of likely N-dealkylation sites (tertiary alicyclic amines) is 1. The second kappa shape index (κ2) is 8.70. The number of piperidine rings is 1. The molecule has 0 saturated carbocycles. The van der Waals surface area contributed by atoms with Crippen LogP contribution in [-0.2, 0) is 0 Å². The SMILES string of the molecule is COc1ccc(-c2cc(C)nc(C3CCN(C(=O)c4cn5ccc(C)cc5n4)CC3)c2)cc1. The molecule has 6 heteroatoms. The first-order valence-corrected chi connectivity index (χ1v) is 11.4. The maximum absolute atomic E-state index is 13.1. The maximum atomic E-state index is 13.1. The van der Waals surface area contributed by atoms with Crippen molar-refractivity contribution in [1.82, 2.24) is 19.3 Å². The van der Waals surface area contributed by atoms with Crippen LogP contribution in [-0.4, -0.2) is 45.4 Å². The highest BCUT2D eigenvalue weighted by Crippen LogP contribution is 2.31. The number of aromatic nitrogens is 3. The van der Waals surface area contributed by atoms with Crippen molar-refractivity contribution < 1.29 is 9.53 Å². The minimum Gasteiger partial charge on any atom is -0.497 e. The van der Waals surface area contributed by atoms with E-state index in [1.165, 1.54) is 5.56 Å². The minimum atomic E-state index is 0.00549. The zero-order valence-electron chi connectivity index (χ0n) is 19.3. The number of methoxy groups -OCH3 is 1. The Bertz CT molecular complexity index is 1300. The first-order valence-electron chi connectivity index (χ1n) is 11.4. The fourth-order valence-corrected chi connectivity index (χ4v) is 4.58. The molecule has 1 amide bonds. The number of rotatable bonds is 4. The normalized spacial score (nSPS) is 14.6. The van der Waals surface area contributed by atoms with E-state index in [4.69, 9.17) is 9.72 Å². The lowest BCUT2D eigenvalue weighted by molar-refractivity contribution is 0.0707. The van der Waals surface area contributed by atoms with Crippen LogP contribution >= 0.6 is 0 Å². The Morgan fingerprint density at radius 2 is 1.73 bits per heavy atom. The van der Waals surface area contributed by atoms with E-state index in [0.717, 1.165) is 46.8 Å². The summed E-state index contributed by atoms with van der Waals surface area (Å²) in [5.41, 5.74) is 6.88. The number of nitrogens with zero attached hydrogens (tertiary/aromatic N) is 4. The molecule has 0 spiro atoms. The number of pyridine rings is 2. The number of amides is 1. The van der Waals surface area contributed by atoms with Crippen LogP contribution < -0.4 is 4.74 Å². The number of benzene rings is 1. The van der Waals surface area contributed by atoms with E-state index in [0.29, 0.717) is 24.7 Å². The molecular formula is C27H28N4O2. The van der Waals surface area contributed by atoms with Crippen molar-refractivity contribution >= 4 is 11.6 Å². The summed E-state index contributed by atoms with van der Waals surface area (Å²) in [5.74, 6) is 1.20. The predicted octanol–water partition coefficient (Wildman–Crippen LogP) is 5.04. The van der Waals surface area contributed by atoms with Crippen molar-refractivity contribution in [1.29, 1.82) is 0 Å². The molecule has 5 rings (SSSR count). The third-order valence-electron chi connectivity index (χ3n) is 6.43. The Hall–Kier alpha value is -3.67. The topological polar surface area (TPSA) is 59.7 Å². The van der Waals surface area contributed by atoms with Gasteiger partial charge in [-0.15, -0.1) is 0 Å². The summed E-state index contributed by atoms with van der Waals surface area (Å²) in [6.45, 7) is 5.49. The number of hydrogen-bond acceptors (Lipinski definition) is 4. The highest BCUT2D eigenvalue weighted by atomic mass is 16.5. The van der Waals surface area contributed by atoms with Gasteiger partial charge in [0, 0.05) is 42.8 Å². The molecule has 4 aromatic rings. The molecule has 1 saturated heterocycles. The van der Waals surface area contributed by atoms with E-state index in [1.54, 1.807) is 7.11 Å². The van der Waals surface area contributed by atoms with Crippen molar-refractivity contribution in [3.8, 4) is 16.9 Å². The lowest BCUT2D eigenvalue weighted by atomic mass is 9.91. The zero-order chi connectivity index (χ0) is 22.9. The van der Waals surface area contributed by atoms with Crippen molar-refractivity contribution in [2.24, 2.45) is 0 Å². The number of imidazole rings is 1. The standard InChI is InChI=1S/C27H28N4O2/c1-18-8-11-31-17-25(29-26(31)14-18)27(32)30-12-9-21(10-13-30)24-16-22(15-19(2)28-24)20-4-6-23(33-3)7-5-20/h4-8,11,14-17,21H,9-10,12-13H2,1-3H3. The number of carbonyl (C=O) groups is 1. The molecule has 0 bridgehead atoms. The van der Waals surface area contributed by atoms with Crippen LogP contribution in [0.5, 0.6) is 5.75 Å². The first-order chi connectivity index (χ1) is 16.0. The number of fused-ring (bicyclic) bond motifs is 1. The Morgan fingerprint density at radius 1 is 0.970 bits per heavy atom. The molecule has 4 heterocycles. The molecule has 0 radical (unpaired) electrons. The first kappa shape index (κ1) is 21.2. The summed E-state index contributed by atoms with van der Waals surface area (Å²) in [4.78, 5) is 24.4. The van der Waals surface area contributed by atoms with Gasteiger partial charge >= 0.3 is 0 Å². The monoisotopic (exact) mass is 440 g/mol. The van der Waals surface area contributed by atoms with E-state index in [9.17, 15) is 4.79 Å². The summed E-state index contributed by atoms with van der Waals surface area (Å²) in [6.07, 6.45) is 5.57.